The van der Waals surface area contributed by atoms with Crippen molar-refractivity contribution in [3.8, 4) is 11.3 Å². The van der Waals surface area contributed by atoms with Crippen molar-refractivity contribution in [2.45, 2.75) is 13.8 Å². The second-order valence-corrected chi connectivity index (χ2v) is 5.21. The predicted octanol–water partition coefficient (Wildman–Crippen LogP) is 3.02. The molecule has 2 aromatic rings. The average molecular weight is 307 g/mol. The zero-order chi connectivity index (χ0) is 15.4. The third-order valence-electron chi connectivity index (χ3n) is 2.78. The molecular formula is C15H15ClN2O3. The fraction of sp³-hybridized carbons (Fsp3) is 0.200. The second kappa shape index (κ2) is 6.45. The molecule has 0 bridgehead atoms. The molecular weight excluding hydrogens is 292 g/mol. The van der Waals surface area contributed by atoms with Gasteiger partial charge < -0.3 is 4.42 Å². The summed E-state index contributed by atoms with van der Waals surface area (Å²) in [5.41, 5.74) is 5.43. The van der Waals surface area contributed by atoms with Gasteiger partial charge in [0.2, 0.25) is 5.91 Å². The molecule has 0 spiro atoms. The number of nitrogens with one attached hydrogen (secondary N) is 2. The molecule has 21 heavy (non-hydrogen) atoms. The van der Waals surface area contributed by atoms with E-state index >= 15 is 0 Å². The lowest BCUT2D eigenvalue weighted by atomic mass is 10.2. The summed E-state index contributed by atoms with van der Waals surface area (Å²) in [6.45, 7) is 3.46. The number of hydrogen-bond donors (Lipinski definition) is 2. The van der Waals surface area contributed by atoms with Crippen LogP contribution in [0.1, 0.15) is 24.4 Å². The van der Waals surface area contributed by atoms with E-state index in [9.17, 15) is 9.59 Å². The van der Waals surface area contributed by atoms with Gasteiger partial charge in [0, 0.05) is 16.5 Å². The first-order chi connectivity index (χ1) is 9.97. The highest BCUT2D eigenvalue weighted by atomic mass is 35.5. The lowest BCUT2D eigenvalue weighted by Crippen LogP contribution is -2.43. The smallest absolute Gasteiger partial charge is 0.305 e. The summed E-state index contributed by atoms with van der Waals surface area (Å²) in [7, 11) is 0. The third-order valence-corrected chi connectivity index (χ3v) is 3.03. The number of rotatable bonds is 3. The van der Waals surface area contributed by atoms with Gasteiger partial charge in [-0.3, -0.25) is 20.4 Å². The molecule has 0 saturated heterocycles. The molecule has 1 heterocycles. The van der Waals surface area contributed by atoms with Crippen LogP contribution in [0.5, 0.6) is 0 Å². The van der Waals surface area contributed by atoms with E-state index in [1.54, 1.807) is 50.2 Å². The van der Waals surface area contributed by atoms with E-state index in [4.69, 9.17) is 16.0 Å². The van der Waals surface area contributed by atoms with Crippen molar-refractivity contribution in [2.75, 3.05) is 0 Å². The first kappa shape index (κ1) is 15.1. The Labute approximate surface area is 127 Å². The maximum absolute atomic E-state index is 11.8. The van der Waals surface area contributed by atoms with E-state index in [-0.39, 0.29) is 17.6 Å². The van der Waals surface area contributed by atoms with Gasteiger partial charge in [-0.25, -0.2) is 0 Å². The Morgan fingerprint density at radius 2 is 1.71 bits per heavy atom. The van der Waals surface area contributed by atoms with Gasteiger partial charge in [-0.05, 0) is 36.4 Å². The SMILES string of the molecule is CC(C)C(=O)NNC(=O)c1ccc(-c2ccc(Cl)cc2)o1. The van der Waals surface area contributed by atoms with Gasteiger partial charge in [-0.1, -0.05) is 25.4 Å². The Balaban J connectivity index is 2.04. The lowest BCUT2D eigenvalue weighted by molar-refractivity contribution is -0.124. The fourth-order valence-corrected chi connectivity index (χ4v) is 1.68. The van der Waals surface area contributed by atoms with Gasteiger partial charge >= 0.3 is 5.91 Å². The Kier molecular flexibility index (Phi) is 4.65. The molecule has 0 atom stereocenters. The molecule has 1 aromatic heterocycles. The molecule has 0 aliphatic heterocycles. The summed E-state index contributed by atoms with van der Waals surface area (Å²) in [4.78, 5) is 23.2. The molecule has 0 saturated carbocycles. The number of benzene rings is 1. The van der Waals surface area contributed by atoms with Crippen molar-refractivity contribution < 1.29 is 14.0 Å². The predicted molar refractivity (Wildman–Crippen MR) is 79.6 cm³/mol. The van der Waals surface area contributed by atoms with Gasteiger partial charge in [-0.2, -0.15) is 0 Å². The zero-order valence-corrected chi connectivity index (χ0v) is 12.4. The van der Waals surface area contributed by atoms with Crippen LogP contribution < -0.4 is 10.9 Å². The summed E-state index contributed by atoms with van der Waals surface area (Å²) in [5.74, 6) is -0.334. The van der Waals surface area contributed by atoms with Crippen LogP contribution in [-0.4, -0.2) is 11.8 Å². The first-order valence-electron chi connectivity index (χ1n) is 6.43. The molecule has 0 fully saturated rings. The highest BCUT2D eigenvalue weighted by Crippen LogP contribution is 2.23. The Bertz CT molecular complexity index is 647. The van der Waals surface area contributed by atoms with Crippen LogP contribution >= 0.6 is 11.6 Å². The molecule has 2 rings (SSSR count). The third kappa shape index (κ3) is 3.86. The van der Waals surface area contributed by atoms with Crippen LogP contribution in [0.4, 0.5) is 0 Å². The van der Waals surface area contributed by atoms with Crippen molar-refractivity contribution in [2.24, 2.45) is 5.92 Å². The summed E-state index contributed by atoms with van der Waals surface area (Å²) in [6.07, 6.45) is 0. The molecule has 6 heteroatoms. The van der Waals surface area contributed by atoms with E-state index in [1.807, 2.05) is 0 Å². The van der Waals surface area contributed by atoms with E-state index in [2.05, 4.69) is 10.9 Å². The van der Waals surface area contributed by atoms with E-state index in [1.165, 1.54) is 0 Å². The van der Waals surface area contributed by atoms with Crippen molar-refractivity contribution in [3.63, 3.8) is 0 Å². The summed E-state index contributed by atoms with van der Waals surface area (Å²) in [5, 5.41) is 0.625. The molecule has 2 N–H and O–H groups in total. The normalized spacial score (nSPS) is 10.5. The molecule has 0 aliphatic rings. The van der Waals surface area contributed by atoms with Gasteiger partial charge in [0.05, 0.1) is 0 Å². The van der Waals surface area contributed by atoms with E-state index < -0.39 is 5.91 Å². The second-order valence-electron chi connectivity index (χ2n) is 4.77. The van der Waals surface area contributed by atoms with Crippen molar-refractivity contribution >= 4 is 23.4 Å². The van der Waals surface area contributed by atoms with Crippen LogP contribution in [0.2, 0.25) is 5.02 Å². The number of hydrazine groups is 1. The zero-order valence-electron chi connectivity index (χ0n) is 11.6. The maximum atomic E-state index is 11.8. The van der Waals surface area contributed by atoms with Gasteiger partial charge in [0.1, 0.15) is 5.76 Å². The van der Waals surface area contributed by atoms with Crippen LogP contribution in [0, 0.1) is 5.92 Å². The number of amides is 2. The number of hydrogen-bond acceptors (Lipinski definition) is 3. The molecule has 0 radical (unpaired) electrons. The molecule has 0 aliphatic carbocycles. The van der Waals surface area contributed by atoms with Crippen molar-refractivity contribution in [1.82, 2.24) is 10.9 Å². The fourth-order valence-electron chi connectivity index (χ4n) is 1.55. The van der Waals surface area contributed by atoms with Crippen LogP contribution in [0.25, 0.3) is 11.3 Å². The van der Waals surface area contributed by atoms with Crippen LogP contribution in [0.15, 0.2) is 40.8 Å². The number of halogens is 1. The lowest BCUT2D eigenvalue weighted by Gasteiger charge is -2.07. The largest absolute Gasteiger partial charge is 0.451 e. The molecule has 2 amide bonds. The summed E-state index contributed by atoms with van der Waals surface area (Å²) in [6, 6.07) is 10.3. The van der Waals surface area contributed by atoms with Gasteiger partial charge in [-0.15, -0.1) is 0 Å². The Morgan fingerprint density at radius 1 is 1.05 bits per heavy atom. The van der Waals surface area contributed by atoms with Crippen LogP contribution in [-0.2, 0) is 4.79 Å². The number of carbonyl (C=O) groups excluding carboxylic acids is 2. The topological polar surface area (TPSA) is 71.3 Å². The summed E-state index contributed by atoms with van der Waals surface area (Å²) < 4.78 is 5.46. The van der Waals surface area contributed by atoms with Gasteiger partial charge in [0.25, 0.3) is 0 Å². The van der Waals surface area contributed by atoms with E-state index in [0.717, 1.165) is 5.56 Å². The quantitative estimate of drug-likeness (QED) is 0.856. The molecule has 110 valence electrons. The number of furan rings is 1. The monoisotopic (exact) mass is 306 g/mol. The minimum absolute atomic E-state index is 0.115. The van der Waals surface area contributed by atoms with Crippen molar-refractivity contribution in [3.05, 3.63) is 47.2 Å². The van der Waals surface area contributed by atoms with Crippen LogP contribution in [0.3, 0.4) is 0 Å². The molecule has 1 aromatic carbocycles. The maximum Gasteiger partial charge on any atom is 0.305 e. The van der Waals surface area contributed by atoms with Gasteiger partial charge in [0.15, 0.2) is 5.76 Å². The number of carbonyl (C=O) groups is 2. The minimum atomic E-state index is -0.510. The molecule has 0 unspecified atom stereocenters. The molecule has 5 nitrogen and oxygen atoms in total. The van der Waals surface area contributed by atoms with Crippen molar-refractivity contribution in [1.29, 1.82) is 0 Å². The average Bonchev–Trinajstić information content (AvgIpc) is 2.94. The highest BCUT2D eigenvalue weighted by Gasteiger charge is 2.14. The summed E-state index contributed by atoms with van der Waals surface area (Å²) >= 11 is 5.82. The Hall–Kier alpha value is -2.27. The minimum Gasteiger partial charge on any atom is -0.451 e. The standard InChI is InChI=1S/C15H15ClN2O3/c1-9(2)14(19)17-18-15(20)13-8-7-12(21-13)10-3-5-11(16)6-4-10/h3-9H,1-2H3,(H,17,19)(H,18,20). The Morgan fingerprint density at radius 3 is 2.33 bits per heavy atom. The first-order valence-corrected chi connectivity index (χ1v) is 6.81. The highest BCUT2D eigenvalue weighted by molar-refractivity contribution is 6.30. The van der Waals surface area contributed by atoms with E-state index in [0.29, 0.717) is 10.8 Å².